The maximum absolute atomic E-state index is 12.4. The third kappa shape index (κ3) is 2.68. The molecule has 19 heavy (non-hydrogen) atoms. The Balaban J connectivity index is 2.35. The Bertz CT molecular complexity index is 571. The van der Waals surface area contributed by atoms with Crippen LogP contribution in [0.2, 0.25) is 0 Å². The molecule has 1 aromatic rings. The molecule has 0 spiro atoms. The highest BCUT2D eigenvalue weighted by molar-refractivity contribution is 9.10. The lowest BCUT2D eigenvalue weighted by Gasteiger charge is -2.32. The zero-order chi connectivity index (χ0) is 14.2. The van der Waals surface area contributed by atoms with Crippen LogP contribution in [0, 0.1) is 6.92 Å². The van der Waals surface area contributed by atoms with Gasteiger partial charge in [-0.3, -0.25) is 19.7 Å². The van der Waals surface area contributed by atoms with E-state index in [9.17, 15) is 14.4 Å². The molecule has 100 valence electrons. The number of piperazine rings is 1. The molecule has 1 heterocycles. The van der Waals surface area contributed by atoms with E-state index < -0.39 is 17.9 Å². The number of aryl methyl sites for hydroxylation is 1. The molecule has 3 amide bonds. The maximum Gasteiger partial charge on any atom is 0.256 e. The highest BCUT2D eigenvalue weighted by Crippen LogP contribution is 2.21. The summed E-state index contributed by atoms with van der Waals surface area (Å²) in [5.74, 6) is -1.24. The van der Waals surface area contributed by atoms with Crippen molar-refractivity contribution >= 4 is 33.7 Å². The smallest absolute Gasteiger partial charge is 0.256 e. The van der Waals surface area contributed by atoms with Crippen molar-refractivity contribution in [2.75, 3.05) is 6.54 Å². The van der Waals surface area contributed by atoms with Gasteiger partial charge in [0.25, 0.3) is 5.91 Å². The first-order valence-corrected chi connectivity index (χ1v) is 6.60. The molecule has 6 heteroatoms. The minimum absolute atomic E-state index is 0.105. The largest absolute Gasteiger partial charge is 0.318 e. The molecule has 1 aromatic carbocycles. The van der Waals surface area contributed by atoms with Crippen LogP contribution in [0.5, 0.6) is 0 Å². The normalized spacial score (nSPS) is 19.3. The zero-order valence-corrected chi connectivity index (χ0v) is 12.2. The summed E-state index contributed by atoms with van der Waals surface area (Å²) in [6.07, 6.45) is 0. The van der Waals surface area contributed by atoms with Crippen molar-refractivity contribution in [2.24, 2.45) is 0 Å². The third-order valence-corrected chi connectivity index (χ3v) is 3.73. The average Bonchev–Trinajstić information content (AvgIpc) is 2.36. The number of hydrogen-bond acceptors (Lipinski definition) is 3. The summed E-state index contributed by atoms with van der Waals surface area (Å²) in [6, 6.07) is 4.73. The predicted molar refractivity (Wildman–Crippen MR) is 72.5 cm³/mol. The number of hydrogen-bond donors (Lipinski definition) is 1. The van der Waals surface area contributed by atoms with Gasteiger partial charge in [-0.2, -0.15) is 0 Å². The van der Waals surface area contributed by atoms with E-state index in [2.05, 4.69) is 21.2 Å². The van der Waals surface area contributed by atoms with Crippen LogP contribution in [0.4, 0.5) is 0 Å². The molecule has 1 aliphatic heterocycles. The molecule has 1 aliphatic rings. The number of benzene rings is 1. The van der Waals surface area contributed by atoms with Crippen LogP contribution in [-0.2, 0) is 9.59 Å². The number of amides is 3. The summed E-state index contributed by atoms with van der Waals surface area (Å²) in [4.78, 5) is 36.7. The lowest BCUT2D eigenvalue weighted by molar-refractivity contribution is -0.138. The van der Waals surface area contributed by atoms with Crippen LogP contribution in [-0.4, -0.2) is 35.2 Å². The Morgan fingerprint density at radius 2 is 2.11 bits per heavy atom. The van der Waals surface area contributed by atoms with Gasteiger partial charge in [-0.15, -0.1) is 0 Å². The molecule has 0 radical (unpaired) electrons. The number of rotatable bonds is 1. The van der Waals surface area contributed by atoms with Crippen molar-refractivity contribution in [3.8, 4) is 0 Å². The van der Waals surface area contributed by atoms with Gasteiger partial charge in [0.2, 0.25) is 11.8 Å². The van der Waals surface area contributed by atoms with Crippen molar-refractivity contribution in [1.82, 2.24) is 10.2 Å². The molecule has 0 aliphatic carbocycles. The SMILES string of the molecule is Cc1ccc(Br)c(C(=O)N2CC(=O)NC(=O)C2C)c1. The molecule has 1 fully saturated rings. The summed E-state index contributed by atoms with van der Waals surface area (Å²) in [5, 5.41) is 2.21. The van der Waals surface area contributed by atoms with E-state index in [1.54, 1.807) is 19.1 Å². The fourth-order valence-electron chi connectivity index (χ4n) is 1.92. The van der Waals surface area contributed by atoms with Crippen molar-refractivity contribution in [3.05, 3.63) is 33.8 Å². The quantitative estimate of drug-likeness (QED) is 0.790. The Kier molecular flexibility index (Phi) is 3.71. The van der Waals surface area contributed by atoms with E-state index in [0.29, 0.717) is 10.0 Å². The monoisotopic (exact) mass is 324 g/mol. The summed E-state index contributed by atoms with van der Waals surface area (Å²) in [6.45, 7) is 3.37. The van der Waals surface area contributed by atoms with E-state index in [1.165, 1.54) is 4.90 Å². The molecule has 1 N–H and O–H groups in total. The van der Waals surface area contributed by atoms with Gasteiger partial charge < -0.3 is 4.90 Å². The summed E-state index contributed by atoms with van der Waals surface area (Å²) < 4.78 is 0.647. The standard InChI is InChI=1S/C13H13BrN2O3/c1-7-3-4-10(14)9(5-7)13(19)16-6-11(17)15-12(18)8(16)2/h3-5,8H,6H2,1-2H3,(H,15,17,18). The summed E-state index contributed by atoms with van der Waals surface area (Å²) in [7, 11) is 0. The minimum atomic E-state index is -0.655. The second kappa shape index (κ2) is 5.13. The van der Waals surface area contributed by atoms with Gasteiger partial charge in [-0.25, -0.2) is 0 Å². The number of imide groups is 1. The molecule has 0 bridgehead atoms. The van der Waals surface area contributed by atoms with Crippen molar-refractivity contribution in [2.45, 2.75) is 19.9 Å². The summed E-state index contributed by atoms with van der Waals surface area (Å²) in [5.41, 5.74) is 1.39. The Morgan fingerprint density at radius 1 is 1.42 bits per heavy atom. The number of nitrogens with one attached hydrogen (secondary N) is 1. The van der Waals surface area contributed by atoms with Crippen LogP contribution >= 0.6 is 15.9 Å². The molecule has 0 aromatic heterocycles. The van der Waals surface area contributed by atoms with Crippen LogP contribution in [0.1, 0.15) is 22.8 Å². The lowest BCUT2D eigenvalue weighted by atomic mass is 10.1. The van der Waals surface area contributed by atoms with Gasteiger partial charge in [0, 0.05) is 4.47 Å². The fourth-order valence-corrected chi connectivity index (χ4v) is 2.34. The van der Waals surface area contributed by atoms with Gasteiger partial charge >= 0.3 is 0 Å². The number of halogens is 1. The molecule has 1 atom stereocenters. The topological polar surface area (TPSA) is 66.5 Å². The minimum Gasteiger partial charge on any atom is -0.318 e. The first-order chi connectivity index (χ1) is 8.90. The molecule has 2 rings (SSSR count). The van der Waals surface area contributed by atoms with Gasteiger partial charge in [0.1, 0.15) is 12.6 Å². The van der Waals surface area contributed by atoms with Gasteiger partial charge in [0.05, 0.1) is 5.56 Å². The number of carbonyl (C=O) groups excluding carboxylic acids is 3. The van der Waals surface area contributed by atoms with E-state index in [4.69, 9.17) is 0 Å². The highest BCUT2D eigenvalue weighted by atomic mass is 79.9. The van der Waals surface area contributed by atoms with Crippen LogP contribution < -0.4 is 5.32 Å². The fraction of sp³-hybridized carbons (Fsp3) is 0.308. The highest BCUT2D eigenvalue weighted by Gasteiger charge is 2.34. The lowest BCUT2D eigenvalue weighted by Crippen LogP contribution is -2.58. The van der Waals surface area contributed by atoms with Gasteiger partial charge in [0.15, 0.2) is 0 Å². The van der Waals surface area contributed by atoms with Crippen LogP contribution in [0.15, 0.2) is 22.7 Å². The molecular weight excluding hydrogens is 312 g/mol. The molecular formula is C13H13BrN2O3. The number of carbonyl (C=O) groups is 3. The van der Waals surface area contributed by atoms with Crippen molar-refractivity contribution < 1.29 is 14.4 Å². The van der Waals surface area contributed by atoms with E-state index in [0.717, 1.165) is 5.56 Å². The molecule has 1 saturated heterocycles. The van der Waals surface area contributed by atoms with Crippen LogP contribution in [0.3, 0.4) is 0 Å². The molecule has 0 saturated carbocycles. The van der Waals surface area contributed by atoms with Crippen molar-refractivity contribution in [1.29, 1.82) is 0 Å². The Labute approximate surface area is 119 Å². The molecule has 1 unspecified atom stereocenters. The molecule has 5 nitrogen and oxygen atoms in total. The predicted octanol–water partition coefficient (Wildman–Crippen LogP) is 1.24. The first kappa shape index (κ1) is 13.7. The van der Waals surface area contributed by atoms with E-state index in [-0.39, 0.29) is 12.5 Å². The third-order valence-electron chi connectivity index (χ3n) is 3.04. The van der Waals surface area contributed by atoms with Gasteiger partial charge in [-0.1, -0.05) is 11.6 Å². The van der Waals surface area contributed by atoms with Gasteiger partial charge in [-0.05, 0) is 41.9 Å². The van der Waals surface area contributed by atoms with Crippen LogP contribution in [0.25, 0.3) is 0 Å². The second-order valence-electron chi connectivity index (χ2n) is 4.50. The second-order valence-corrected chi connectivity index (χ2v) is 5.36. The Hall–Kier alpha value is -1.69. The first-order valence-electron chi connectivity index (χ1n) is 5.81. The van der Waals surface area contributed by atoms with Crippen molar-refractivity contribution in [3.63, 3.8) is 0 Å². The average molecular weight is 325 g/mol. The Morgan fingerprint density at radius 3 is 2.79 bits per heavy atom. The maximum atomic E-state index is 12.4. The van der Waals surface area contributed by atoms with E-state index >= 15 is 0 Å². The zero-order valence-electron chi connectivity index (χ0n) is 10.6. The summed E-state index contributed by atoms with van der Waals surface area (Å²) >= 11 is 3.31. The van der Waals surface area contributed by atoms with E-state index in [1.807, 2.05) is 13.0 Å². The number of nitrogens with zero attached hydrogens (tertiary/aromatic N) is 1.